The van der Waals surface area contributed by atoms with Crippen LogP contribution in [0.3, 0.4) is 0 Å². The molecule has 3 heteroatoms. The van der Waals surface area contributed by atoms with Gasteiger partial charge in [0.2, 0.25) is 0 Å². The molecule has 1 fully saturated rings. The van der Waals surface area contributed by atoms with Crippen LogP contribution in [0.4, 0.5) is 5.82 Å². The van der Waals surface area contributed by atoms with Gasteiger partial charge in [0, 0.05) is 25.8 Å². The predicted molar refractivity (Wildman–Crippen MR) is 81.4 cm³/mol. The van der Waals surface area contributed by atoms with E-state index in [1.165, 1.54) is 36.9 Å². The Balaban J connectivity index is 2.09. The zero-order valence-electron chi connectivity index (χ0n) is 12.4. The Morgan fingerprint density at radius 1 is 1.32 bits per heavy atom. The van der Waals surface area contributed by atoms with Crippen molar-refractivity contribution in [3.8, 4) is 0 Å². The van der Waals surface area contributed by atoms with Gasteiger partial charge < -0.3 is 10.6 Å². The molecule has 0 amide bonds. The van der Waals surface area contributed by atoms with Crippen LogP contribution >= 0.6 is 0 Å². The molecule has 1 aliphatic carbocycles. The normalized spacial score (nSPS) is 15.9. The van der Waals surface area contributed by atoms with Gasteiger partial charge in [-0.15, -0.1) is 0 Å². The van der Waals surface area contributed by atoms with E-state index in [1.807, 2.05) is 0 Å². The smallest absolute Gasteiger partial charge is 0.128 e. The average molecular weight is 261 g/mol. The van der Waals surface area contributed by atoms with E-state index in [0.717, 1.165) is 31.1 Å². The molecule has 0 radical (unpaired) electrons. The van der Waals surface area contributed by atoms with E-state index in [9.17, 15) is 0 Å². The van der Waals surface area contributed by atoms with Crippen molar-refractivity contribution in [2.75, 3.05) is 18.5 Å². The maximum Gasteiger partial charge on any atom is 0.128 e. The zero-order chi connectivity index (χ0) is 13.7. The van der Waals surface area contributed by atoms with Crippen molar-refractivity contribution in [2.45, 2.75) is 52.0 Å². The van der Waals surface area contributed by atoms with Crippen LogP contribution in [0.1, 0.15) is 50.3 Å². The minimum atomic E-state index is 0.601. The molecule has 0 spiro atoms. The quantitative estimate of drug-likeness (QED) is 0.855. The van der Waals surface area contributed by atoms with Crippen molar-refractivity contribution in [1.82, 2.24) is 4.98 Å². The van der Waals surface area contributed by atoms with E-state index in [-0.39, 0.29) is 0 Å². The van der Waals surface area contributed by atoms with Gasteiger partial charge in [-0.05, 0) is 42.9 Å². The molecule has 0 saturated heterocycles. The first-order chi connectivity index (χ1) is 9.22. The third-order valence-electron chi connectivity index (χ3n) is 4.06. The number of rotatable bonds is 6. The van der Waals surface area contributed by atoms with Crippen LogP contribution in [0.25, 0.3) is 0 Å². The molecule has 2 rings (SSSR count). The first kappa shape index (κ1) is 14.3. The molecule has 3 nitrogen and oxygen atoms in total. The fourth-order valence-electron chi connectivity index (χ4n) is 3.00. The summed E-state index contributed by atoms with van der Waals surface area (Å²) in [5.74, 6) is 1.95. The summed E-state index contributed by atoms with van der Waals surface area (Å²) >= 11 is 0. The van der Waals surface area contributed by atoms with Gasteiger partial charge in [0.15, 0.2) is 0 Å². The summed E-state index contributed by atoms with van der Waals surface area (Å²) in [6.07, 6.45) is 7.72. The highest BCUT2D eigenvalue weighted by Gasteiger charge is 2.17. The Labute approximate surface area is 117 Å². The number of hydrogen-bond acceptors (Lipinski definition) is 3. The van der Waals surface area contributed by atoms with Crippen LogP contribution in [0.15, 0.2) is 12.1 Å². The molecule has 0 aliphatic heterocycles. The van der Waals surface area contributed by atoms with E-state index < -0.39 is 0 Å². The second kappa shape index (κ2) is 6.90. The van der Waals surface area contributed by atoms with Gasteiger partial charge in [-0.2, -0.15) is 0 Å². The van der Waals surface area contributed by atoms with Gasteiger partial charge in [-0.1, -0.05) is 26.2 Å². The number of nitrogens with two attached hydrogens (primary N) is 1. The fraction of sp³-hybridized carbons (Fsp3) is 0.688. The summed E-state index contributed by atoms with van der Waals surface area (Å²) < 4.78 is 0. The van der Waals surface area contributed by atoms with E-state index in [4.69, 9.17) is 10.7 Å². The molecule has 1 heterocycles. The molecule has 2 N–H and O–H groups in total. The van der Waals surface area contributed by atoms with E-state index >= 15 is 0 Å². The Hall–Kier alpha value is -1.09. The van der Waals surface area contributed by atoms with Crippen LogP contribution in [-0.4, -0.2) is 18.6 Å². The minimum absolute atomic E-state index is 0.601. The second-order valence-corrected chi connectivity index (χ2v) is 5.81. The minimum Gasteiger partial charge on any atom is -0.359 e. The molecule has 0 unspecified atom stereocenters. The number of aromatic nitrogens is 1. The molecular formula is C16H27N3. The second-order valence-electron chi connectivity index (χ2n) is 5.81. The maximum atomic E-state index is 5.80. The SMILES string of the molecule is CCCc1cc(CN)cc(N(C)CC2CCCC2)n1. The number of nitrogens with zero attached hydrogens (tertiary/aromatic N) is 2. The van der Waals surface area contributed by atoms with Crippen LogP contribution in [0.2, 0.25) is 0 Å². The molecule has 1 saturated carbocycles. The molecule has 106 valence electrons. The first-order valence-corrected chi connectivity index (χ1v) is 7.64. The summed E-state index contributed by atoms with van der Waals surface area (Å²) in [5.41, 5.74) is 8.18. The highest BCUT2D eigenvalue weighted by molar-refractivity contribution is 5.42. The van der Waals surface area contributed by atoms with Crippen molar-refractivity contribution < 1.29 is 0 Å². The lowest BCUT2D eigenvalue weighted by Crippen LogP contribution is -2.25. The maximum absolute atomic E-state index is 5.80. The molecule has 1 aromatic heterocycles. The van der Waals surface area contributed by atoms with Gasteiger partial charge in [0.1, 0.15) is 5.82 Å². The van der Waals surface area contributed by atoms with Gasteiger partial charge in [-0.25, -0.2) is 4.98 Å². The molecule has 0 atom stereocenters. The molecule has 19 heavy (non-hydrogen) atoms. The van der Waals surface area contributed by atoms with Crippen molar-refractivity contribution in [3.63, 3.8) is 0 Å². The van der Waals surface area contributed by atoms with Crippen molar-refractivity contribution in [3.05, 3.63) is 23.4 Å². The van der Waals surface area contributed by atoms with Crippen LogP contribution in [0, 0.1) is 5.92 Å². The highest BCUT2D eigenvalue weighted by atomic mass is 15.2. The summed E-state index contributed by atoms with van der Waals surface area (Å²) in [6, 6.07) is 4.30. The Morgan fingerprint density at radius 3 is 2.68 bits per heavy atom. The van der Waals surface area contributed by atoms with Crippen LogP contribution < -0.4 is 10.6 Å². The van der Waals surface area contributed by atoms with Crippen molar-refractivity contribution in [1.29, 1.82) is 0 Å². The lowest BCUT2D eigenvalue weighted by Gasteiger charge is -2.23. The molecule has 0 aromatic carbocycles. The summed E-state index contributed by atoms with van der Waals surface area (Å²) in [5, 5.41) is 0. The fourth-order valence-corrected chi connectivity index (χ4v) is 3.00. The highest BCUT2D eigenvalue weighted by Crippen LogP contribution is 2.26. The van der Waals surface area contributed by atoms with Crippen molar-refractivity contribution in [2.24, 2.45) is 11.7 Å². The summed E-state index contributed by atoms with van der Waals surface area (Å²) in [4.78, 5) is 7.10. The first-order valence-electron chi connectivity index (χ1n) is 7.64. The van der Waals surface area contributed by atoms with E-state index in [1.54, 1.807) is 0 Å². The Bertz CT molecular complexity index is 397. The third kappa shape index (κ3) is 3.93. The summed E-state index contributed by atoms with van der Waals surface area (Å²) in [6.45, 7) is 3.93. The lowest BCUT2D eigenvalue weighted by molar-refractivity contribution is 0.544. The molecule has 0 bridgehead atoms. The predicted octanol–water partition coefficient (Wildman–Crippen LogP) is 3.12. The standard InChI is InChI=1S/C16H27N3/c1-3-6-15-9-14(11-17)10-16(18-15)19(2)12-13-7-4-5-8-13/h9-10,13H,3-8,11-12,17H2,1-2H3. The Morgan fingerprint density at radius 2 is 2.05 bits per heavy atom. The zero-order valence-corrected chi connectivity index (χ0v) is 12.4. The number of hydrogen-bond donors (Lipinski definition) is 1. The van der Waals surface area contributed by atoms with Gasteiger partial charge in [-0.3, -0.25) is 0 Å². The topological polar surface area (TPSA) is 42.1 Å². The monoisotopic (exact) mass is 261 g/mol. The summed E-state index contributed by atoms with van der Waals surface area (Å²) in [7, 11) is 2.16. The van der Waals surface area contributed by atoms with E-state index in [0.29, 0.717) is 6.54 Å². The number of pyridine rings is 1. The Kier molecular flexibility index (Phi) is 5.20. The molecular weight excluding hydrogens is 234 g/mol. The number of anilines is 1. The van der Waals surface area contributed by atoms with E-state index in [2.05, 4.69) is 31.0 Å². The lowest BCUT2D eigenvalue weighted by atomic mass is 10.1. The van der Waals surface area contributed by atoms with Crippen LogP contribution in [0.5, 0.6) is 0 Å². The van der Waals surface area contributed by atoms with Gasteiger partial charge >= 0.3 is 0 Å². The van der Waals surface area contributed by atoms with Gasteiger partial charge in [0.25, 0.3) is 0 Å². The number of aryl methyl sites for hydroxylation is 1. The van der Waals surface area contributed by atoms with Crippen molar-refractivity contribution >= 4 is 5.82 Å². The average Bonchev–Trinajstić information content (AvgIpc) is 2.91. The molecule has 1 aliphatic rings. The van der Waals surface area contributed by atoms with Crippen LogP contribution in [-0.2, 0) is 13.0 Å². The molecule has 1 aromatic rings. The largest absolute Gasteiger partial charge is 0.359 e. The van der Waals surface area contributed by atoms with Gasteiger partial charge in [0.05, 0.1) is 0 Å². The third-order valence-corrected chi connectivity index (χ3v) is 4.06.